The van der Waals surface area contributed by atoms with Crippen LogP contribution in [-0.2, 0) is 17.3 Å². The Kier molecular flexibility index (Phi) is 6.79. The number of amides is 2. The van der Waals surface area contributed by atoms with Crippen LogP contribution in [0, 0.1) is 0 Å². The lowest BCUT2D eigenvalue weighted by Crippen LogP contribution is -2.38. The monoisotopic (exact) mass is 317 g/mol. The highest BCUT2D eigenvalue weighted by atomic mass is 32.2. The van der Waals surface area contributed by atoms with E-state index in [0.717, 1.165) is 0 Å². The van der Waals surface area contributed by atoms with Crippen molar-refractivity contribution in [3.8, 4) is 0 Å². The summed E-state index contributed by atoms with van der Waals surface area (Å²) >= 11 is 0. The number of carboxylic acids is 1. The van der Waals surface area contributed by atoms with E-state index < -0.39 is 16.8 Å². The molecular weight excluding hydrogens is 298 g/mol. The third-order valence-electron chi connectivity index (χ3n) is 2.79. The maximum absolute atomic E-state index is 11.5. The molecular formula is C11H19N5O4S. The Bertz CT molecular complexity index is 518. The summed E-state index contributed by atoms with van der Waals surface area (Å²) in [6, 6.07) is -0.331. The molecule has 0 saturated heterocycles. The fourth-order valence-corrected chi connectivity index (χ4v) is 1.86. The van der Waals surface area contributed by atoms with Crippen LogP contribution in [0.25, 0.3) is 0 Å². The van der Waals surface area contributed by atoms with Crippen LogP contribution in [0.3, 0.4) is 0 Å². The molecule has 9 nitrogen and oxygen atoms in total. The fourth-order valence-electron chi connectivity index (χ4n) is 1.41. The molecule has 0 bridgehead atoms. The number of carbonyl (C=O) groups excluding carboxylic acids is 1. The summed E-state index contributed by atoms with van der Waals surface area (Å²) in [6.07, 6.45) is 3.57. The molecule has 0 aliphatic carbocycles. The molecule has 3 N–H and O–H groups in total. The van der Waals surface area contributed by atoms with Crippen LogP contribution in [0.4, 0.5) is 4.79 Å². The second kappa shape index (κ2) is 8.35. The zero-order chi connectivity index (χ0) is 15.8. The van der Waals surface area contributed by atoms with Gasteiger partial charge in [-0.05, 0) is 6.42 Å². The number of rotatable bonds is 8. The van der Waals surface area contributed by atoms with Gasteiger partial charge < -0.3 is 15.7 Å². The highest BCUT2D eigenvalue weighted by molar-refractivity contribution is 7.84. The lowest BCUT2D eigenvalue weighted by molar-refractivity contribution is 0.0690. The number of aromatic carboxylic acids is 1. The molecule has 1 aromatic heterocycles. The number of hydrogen-bond acceptors (Lipinski definition) is 5. The van der Waals surface area contributed by atoms with Gasteiger partial charge in [0.25, 0.3) is 0 Å². The molecule has 1 heterocycles. The number of carboxylic acid groups (broad SMARTS) is 1. The Balaban J connectivity index is 2.18. The second-order valence-electron chi connectivity index (χ2n) is 4.45. The van der Waals surface area contributed by atoms with Gasteiger partial charge in [0, 0.05) is 35.4 Å². The van der Waals surface area contributed by atoms with Crippen LogP contribution in [0.1, 0.15) is 23.8 Å². The molecule has 2 atom stereocenters. The summed E-state index contributed by atoms with van der Waals surface area (Å²) < 4.78 is 12.5. The molecule has 0 saturated carbocycles. The number of nitrogens with one attached hydrogen (secondary N) is 2. The molecule has 118 valence electrons. The molecule has 1 aromatic rings. The quantitative estimate of drug-likeness (QED) is 0.589. The zero-order valence-electron chi connectivity index (χ0n) is 11.9. The topological polar surface area (TPSA) is 126 Å². The highest BCUT2D eigenvalue weighted by Crippen LogP contribution is 1.97. The van der Waals surface area contributed by atoms with Crippen LogP contribution in [0.15, 0.2) is 6.20 Å². The van der Waals surface area contributed by atoms with Crippen LogP contribution < -0.4 is 10.6 Å². The van der Waals surface area contributed by atoms with Crippen molar-refractivity contribution in [1.29, 1.82) is 0 Å². The van der Waals surface area contributed by atoms with Crippen LogP contribution in [0.5, 0.6) is 0 Å². The molecule has 21 heavy (non-hydrogen) atoms. The molecule has 0 aliphatic heterocycles. The first-order chi connectivity index (χ1) is 9.90. The molecule has 2 unspecified atom stereocenters. The van der Waals surface area contributed by atoms with E-state index in [9.17, 15) is 13.8 Å². The van der Waals surface area contributed by atoms with Crippen molar-refractivity contribution in [3.05, 3.63) is 11.9 Å². The van der Waals surface area contributed by atoms with Crippen molar-refractivity contribution >= 4 is 22.8 Å². The van der Waals surface area contributed by atoms with Gasteiger partial charge in [-0.2, -0.15) is 0 Å². The SMILES string of the molecule is CC(CCNC(=O)NCCn1cc(C(=O)O)nn1)S(C)=O. The number of aromatic nitrogens is 3. The number of carbonyl (C=O) groups is 2. The van der Waals surface area contributed by atoms with E-state index in [-0.39, 0.29) is 17.0 Å². The Labute approximate surface area is 124 Å². The molecule has 0 aliphatic rings. The van der Waals surface area contributed by atoms with Gasteiger partial charge in [-0.25, -0.2) is 14.3 Å². The smallest absolute Gasteiger partial charge is 0.358 e. The Morgan fingerprint density at radius 2 is 2.10 bits per heavy atom. The summed E-state index contributed by atoms with van der Waals surface area (Å²) in [5.41, 5.74) is -0.138. The van der Waals surface area contributed by atoms with Crippen LogP contribution >= 0.6 is 0 Å². The van der Waals surface area contributed by atoms with Crippen molar-refractivity contribution in [3.63, 3.8) is 0 Å². The lowest BCUT2D eigenvalue weighted by Gasteiger charge is -2.10. The summed E-state index contributed by atoms with van der Waals surface area (Å²) in [5.74, 6) is -1.14. The predicted molar refractivity (Wildman–Crippen MR) is 76.5 cm³/mol. The van der Waals surface area contributed by atoms with Gasteiger partial charge in [0.15, 0.2) is 5.69 Å². The second-order valence-corrected chi connectivity index (χ2v) is 6.25. The summed E-state index contributed by atoms with van der Waals surface area (Å²) in [6.45, 7) is 2.92. The number of hydrogen-bond donors (Lipinski definition) is 3. The summed E-state index contributed by atoms with van der Waals surface area (Å²) in [5, 5.41) is 21.1. The average molecular weight is 317 g/mol. The first-order valence-corrected chi connectivity index (χ1v) is 7.99. The minimum Gasteiger partial charge on any atom is -0.476 e. The standard InChI is InChI=1S/C11H19N5O4S/c1-8(21(2)20)3-4-12-11(19)13-5-6-16-7-9(10(17)18)14-15-16/h7-8H,3-6H2,1-2H3,(H,17,18)(H2,12,13,19). The lowest BCUT2D eigenvalue weighted by atomic mass is 10.3. The van der Waals surface area contributed by atoms with Gasteiger partial charge in [0.05, 0.1) is 12.7 Å². The Morgan fingerprint density at radius 3 is 2.67 bits per heavy atom. The third-order valence-corrected chi connectivity index (χ3v) is 4.16. The van der Waals surface area contributed by atoms with Gasteiger partial charge >= 0.3 is 12.0 Å². The van der Waals surface area contributed by atoms with Crippen LogP contribution in [0.2, 0.25) is 0 Å². The van der Waals surface area contributed by atoms with Crippen molar-refractivity contribution in [2.24, 2.45) is 0 Å². The Hall–Kier alpha value is -1.97. The van der Waals surface area contributed by atoms with Gasteiger partial charge in [-0.1, -0.05) is 12.1 Å². The van der Waals surface area contributed by atoms with Gasteiger partial charge in [0.1, 0.15) is 0 Å². The minimum absolute atomic E-state index is 0.0369. The average Bonchev–Trinajstić information content (AvgIpc) is 2.87. The molecule has 0 spiro atoms. The molecule has 0 fully saturated rings. The van der Waals surface area contributed by atoms with E-state index in [0.29, 0.717) is 26.1 Å². The van der Waals surface area contributed by atoms with Crippen LogP contribution in [-0.4, -0.2) is 60.9 Å². The summed E-state index contributed by atoms with van der Waals surface area (Å²) in [4.78, 5) is 22.1. The predicted octanol–water partition coefficient (Wildman–Crippen LogP) is -0.567. The van der Waals surface area contributed by atoms with E-state index >= 15 is 0 Å². The van der Waals surface area contributed by atoms with E-state index in [2.05, 4.69) is 20.9 Å². The fraction of sp³-hybridized carbons (Fsp3) is 0.636. The molecule has 0 radical (unpaired) electrons. The minimum atomic E-state index is -1.14. The Morgan fingerprint density at radius 1 is 1.43 bits per heavy atom. The van der Waals surface area contributed by atoms with Gasteiger partial charge in [-0.15, -0.1) is 5.10 Å². The van der Waals surface area contributed by atoms with Gasteiger partial charge in [0.2, 0.25) is 0 Å². The third kappa shape index (κ3) is 6.34. The highest BCUT2D eigenvalue weighted by Gasteiger charge is 2.09. The van der Waals surface area contributed by atoms with E-state index in [4.69, 9.17) is 5.11 Å². The largest absolute Gasteiger partial charge is 0.476 e. The molecule has 2 amide bonds. The van der Waals surface area contributed by atoms with E-state index in [1.807, 2.05) is 6.92 Å². The molecule has 10 heteroatoms. The molecule has 0 aromatic carbocycles. The summed E-state index contributed by atoms with van der Waals surface area (Å²) in [7, 11) is -0.895. The maximum Gasteiger partial charge on any atom is 0.358 e. The first-order valence-electron chi connectivity index (χ1n) is 6.37. The van der Waals surface area contributed by atoms with E-state index in [1.165, 1.54) is 10.9 Å². The van der Waals surface area contributed by atoms with E-state index in [1.54, 1.807) is 6.26 Å². The van der Waals surface area contributed by atoms with Crippen molar-refractivity contribution in [2.75, 3.05) is 19.3 Å². The number of urea groups is 1. The van der Waals surface area contributed by atoms with Crippen molar-refractivity contribution in [1.82, 2.24) is 25.6 Å². The van der Waals surface area contributed by atoms with Crippen molar-refractivity contribution < 1.29 is 18.9 Å². The first kappa shape index (κ1) is 17.1. The maximum atomic E-state index is 11.5. The molecule has 1 rings (SSSR count). The normalized spacial score (nSPS) is 13.4. The number of nitrogens with zero attached hydrogens (tertiary/aromatic N) is 3. The van der Waals surface area contributed by atoms with Crippen molar-refractivity contribution in [2.45, 2.75) is 25.1 Å². The zero-order valence-corrected chi connectivity index (χ0v) is 12.7. The van der Waals surface area contributed by atoms with Gasteiger partial charge in [-0.3, -0.25) is 4.21 Å².